The number of likely N-dealkylation sites (tertiary alicyclic amines) is 1. The molecule has 0 spiro atoms. The average Bonchev–Trinajstić information content (AvgIpc) is 3.21. The summed E-state index contributed by atoms with van der Waals surface area (Å²) in [5.74, 6) is 0.279. The van der Waals surface area contributed by atoms with Crippen molar-refractivity contribution in [1.82, 2.24) is 24.6 Å². The minimum Gasteiger partial charge on any atom is -0.337 e. The first-order valence-electron chi connectivity index (χ1n) is 10.3. The lowest BCUT2D eigenvalue weighted by atomic mass is 9.96. The normalized spacial score (nSPS) is 16.9. The Morgan fingerprint density at radius 3 is 2.72 bits per heavy atom. The van der Waals surface area contributed by atoms with Gasteiger partial charge in [-0.2, -0.15) is 5.10 Å². The molecule has 1 aromatic carbocycles. The lowest BCUT2D eigenvalue weighted by Crippen LogP contribution is -2.40. The van der Waals surface area contributed by atoms with Gasteiger partial charge in [-0.3, -0.25) is 14.6 Å². The average molecular weight is 389 g/mol. The fourth-order valence-corrected chi connectivity index (χ4v) is 4.36. The van der Waals surface area contributed by atoms with Gasteiger partial charge >= 0.3 is 0 Å². The summed E-state index contributed by atoms with van der Waals surface area (Å²) in [7, 11) is 0. The van der Waals surface area contributed by atoms with Crippen molar-refractivity contribution < 1.29 is 4.79 Å². The molecular weight excluding hydrogens is 366 g/mol. The second-order valence-corrected chi connectivity index (χ2v) is 7.97. The van der Waals surface area contributed by atoms with Gasteiger partial charge in [0.25, 0.3) is 11.5 Å². The summed E-state index contributed by atoms with van der Waals surface area (Å²) in [5, 5.41) is 4.58. The highest BCUT2D eigenvalue weighted by Gasteiger charge is 2.26. The SMILES string of the molecule is O=C(c1cnc2ccccc2n1)N1CCC(Cn2nc3c(cc2=O)CCC3)CC1. The minimum atomic E-state index is -0.0745. The quantitative estimate of drug-likeness (QED) is 0.686. The lowest BCUT2D eigenvalue weighted by molar-refractivity contribution is 0.0674. The predicted molar refractivity (Wildman–Crippen MR) is 109 cm³/mol. The molecule has 1 saturated heterocycles. The molecule has 148 valence electrons. The number of para-hydroxylation sites is 2. The van der Waals surface area contributed by atoms with E-state index in [1.807, 2.05) is 29.2 Å². The van der Waals surface area contributed by atoms with Crippen molar-refractivity contribution in [1.29, 1.82) is 0 Å². The maximum absolute atomic E-state index is 12.8. The maximum atomic E-state index is 12.8. The van der Waals surface area contributed by atoms with E-state index in [2.05, 4.69) is 15.1 Å². The van der Waals surface area contributed by atoms with E-state index in [-0.39, 0.29) is 11.5 Å². The third-order valence-corrected chi connectivity index (χ3v) is 6.02. The molecule has 0 unspecified atom stereocenters. The van der Waals surface area contributed by atoms with Gasteiger partial charge in [0.15, 0.2) is 0 Å². The van der Waals surface area contributed by atoms with Crippen molar-refractivity contribution in [2.45, 2.75) is 38.6 Å². The molecule has 0 radical (unpaired) electrons. The van der Waals surface area contributed by atoms with E-state index in [1.165, 1.54) is 0 Å². The van der Waals surface area contributed by atoms with Crippen molar-refractivity contribution in [3.8, 4) is 0 Å². The van der Waals surface area contributed by atoms with Crippen molar-refractivity contribution in [2.75, 3.05) is 13.1 Å². The van der Waals surface area contributed by atoms with Gasteiger partial charge in [0.05, 0.1) is 22.9 Å². The van der Waals surface area contributed by atoms with Gasteiger partial charge in [0.2, 0.25) is 0 Å². The number of aryl methyl sites for hydroxylation is 2. The molecule has 5 rings (SSSR count). The highest BCUT2D eigenvalue weighted by molar-refractivity contribution is 5.93. The second-order valence-electron chi connectivity index (χ2n) is 7.97. The summed E-state index contributed by atoms with van der Waals surface area (Å²) in [6.45, 7) is 1.96. The summed E-state index contributed by atoms with van der Waals surface area (Å²) >= 11 is 0. The van der Waals surface area contributed by atoms with Gasteiger partial charge in [-0.1, -0.05) is 12.1 Å². The number of benzene rings is 1. The molecule has 1 aliphatic heterocycles. The van der Waals surface area contributed by atoms with Gasteiger partial charge in [0, 0.05) is 25.7 Å². The van der Waals surface area contributed by atoms with Gasteiger partial charge in [-0.15, -0.1) is 0 Å². The number of fused-ring (bicyclic) bond motifs is 2. The van der Waals surface area contributed by atoms with Crippen LogP contribution in [0.5, 0.6) is 0 Å². The molecule has 0 N–H and O–H groups in total. The van der Waals surface area contributed by atoms with E-state index < -0.39 is 0 Å². The van der Waals surface area contributed by atoms with Gasteiger partial charge in [0.1, 0.15) is 5.69 Å². The number of hydrogen-bond donors (Lipinski definition) is 0. The van der Waals surface area contributed by atoms with Gasteiger partial charge in [-0.05, 0) is 55.7 Å². The van der Waals surface area contributed by atoms with E-state index in [0.29, 0.717) is 31.2 Å². The summed E-state index contributed by atoms with van der Waals surface area (Å²) in [4.78, 5) is 35.8. The second kappa shape index (κ2) is 7.39. The Balaban J connectivity index is 1.24. The van der Waals surface area contributed by atoms with Crippen LogP contribution in [-0.2, 0) is 19.4 Å². The molecule has 1 amide bonds. The van der Waals surface area contributed by atoms with Crippen LogP contribution in [0.3, 0.4) is 0 Å². The number of carbonyl (C=O) groups excluding carboxylic acids is 1. The number of rotatable bonds is 3. The Morgan fingerprint density at radius 2 is 1.90 bits per heavy atom. The number of amides is 1. The van der Waals surface area contributed by atoms with Crippen LogP contribution in [0.2, 0.25) is 0 Å². The topological polar surface area (TPSA) is 81.0 Å². The van der Waals surface area contributed by atoms with Crippen molar-refractivity contribution >= 4 is 16.9 Å². The smallest absolute Gasteiger partial charge is 0.274 e. The first kappa shape index (κ1) is 18.0. The van der Waals surface area contributed by atoms with Crippen LogP contribution < -0.4 is 5.56 Å². The highest BCUT2D eigenvalue weighted by Crippen LogP contribution is 2.22. The molecule has 3 heterocycles. The molecular formula is C22H23N5O2. The van der Waals surface area contributed by atoms with Crippen LogP contribution in [0.25, 0.3) is 11.0 Å². The standard InChI is InChI=1S/C22H23N5O2/c28-21-12-16-4-3-7-17(16)25-27(21)14-15-8-10-26(11-9-15)22(29)20-13-23-18-5-1-2-6-19(18)24-20/h1-2,5-6,12-13,15H,3-4,7-11,14H2. The van der Waals surface area contributed by atoms with E-state index in [0.717, 1.165) is 54.4 Å². The van der Waals surface area contributed by atoms with Crippen LogP contribution in [0.4, 0.5) is 0 Å². The van der Waals surface area contributed by atoms with E-state index in [1.54, 1.807) is 16.9 Å². The number of aromatic nitrogens is 4. The van der Waals surface area contributed by atoms with Crippen LogP contribution in [-0.4, -0.2) is 43.6 Å². The summed E-state index contributed by atoms with van der Waals surface area (Å²) in [6, 6.07) is 9.31. The lowest BCUT2D eigenvalue weighted by Gasteiger charge is -2.31. The first-order chi connectivity index (χ1) is 14.2. The van der Waals surface area contributed by atoms with Crippen molar-refractivity contribution in [3.05, 3.63) is 63.8 Å². The fraction of sp³-hybridized carbons (Fsp3) is 0.409. The Bertz CT molecular complexity index is 1130. The van der Waals surface area contributed by atoms with Crippen LogP contribution in [0, 0.1) is 5.92 Å². The largest absolute Gasteiger partial charge is 0.337 e. The third kappa shape index (κ3) is 3.52. The molecule has 3 aromatic rings. The van der Waals surface area contributed by atoms with E-state index in [4.69, 9.17) is 0 Å². The van der Waals surface area contributed by atoms with Crippen LogP contribution in [0.1, 0.15) is 41.0 Å². The van der Waals surface area contributed by atoms with Crippen molar-refractivity contribution in [3.63, 3.8) is 0 Å². The fourth-order valence-electron chi connectivity index (χ4n) is 4.36. The summed E-state index contributed by atoms with van der Waals surface area (Å²) < 4.78 is 1.63. The number of nitrogens with zero attached hydrogens (tertiary/aromatic N) is 5. The number of hydrogen-bond acceptors (Lipinski definition) is 5. The predicted octanol–water partition coefficient (Wildman–Crippen LogP) is 2.23. The van der Waals surface area contributed by atoms with Crippen LogP contribution in [0.15, 0.2) is 41.3 Å². The monoisotopic (exact) mass is 389 g/mol. The van der Waals surface area contributed by atoms with Gasteiger partial charge in [-0.25, -0.2) is 9.67 Å². The zero-order valence-electron chi connectivity index (χ0n) is 16.3. The molecule has 1 aliphatic carbocycles. The Morgan fingerprint density at radius 1 is 1.10 bits per heavy atom. The van der Waals surface area contributed by atoms with E-state index in [9.17, 15) is 9.59 Å². The molecule has 0 bridgehead atoms. The van der Waals surface area contributed by atoms with Crippen molar-refractivity contribution in [2.24, 2.45) is 5.92 Å². The Kier molecular flexibility index (Phi) is 4.58. The molecule has 29 heavy (non-hydrogen) atoms. The number of piperidine rings is 1. The number of carbonyl (C=O) groups is 1. The molecule has 2 aliphatic rings. The molecule has 2 aromatic heterocycles. The molecule has 7 nitrogen and oxygen atoms in total. The first-order valence-corrected chi connectivity index (χ1v) is 10.3. The summed E-state index contributed by atoms with van der Waals surface area (Å²) in [6.07, 6.45) is 6.30. The molecule has 0 saturated carbocycles. The van der Waals surface area contributed by atoms with Gasteiger partial charge < -0.3 is 4.90 Å². The zero-order valence-corrected chi connectivity index (χ0v) is 16.3. The molecule has 0 atom stereocenters. The molecule has 1 fully saturated rings. The maximum Gasteiger partial charge on any atom is 0.274 e. The Hall–Kier alpha value is -3.09. The van der Waals surface area contributed by atoms with Crippen LogP contribution >= 0.6 is 0 Å². The third-order valence-electron chi connectivity index (χ3n) is 6.02. The van der Waals surface area contributed by atoms with E-state index >= 15 is 0 Å². The molecule has 7 heteroatoms. The summed E-state index contributed by atoms with van der Waals surface area (Å²) in [5.41, 5.74) is 4.09. The highest BCUT2D eigenvalue weighted by atomic mass is 16.2. The minimum absolute atomic E-state index is 0.00408. The zero-order chi connectivity index (χ0) is 19.8. The Labute approximate surface area is 168 Å².